The summed E-state index contributed by atoms with van der Waals surface area (Å²) in [5, 5.41) is 25.0. The largest absolute Gasteiger partial charge is 0.496 e. The molecule has 0 radical (unpaired) electrons. The minimum absolute atomic E-state index is 0.0221. The second kappa shape index (κ2) is 19.4. The third kappa shape index (κ3) is 9.39. The minimum atomic E-state index is -1.41. The van der Waals surface area contributed by atoms with Gasteiger partial charge in [-0.15, -0.1) is 6.58 Å². The molecular formula is C51H62N2O11. The number of ether oxygens (including phenoxy) is 6. The van der Waals surface area contributed by atoms with Crippen molar-refractivity contribution in [2.45, 2.75) is 108 Å². The Morgan fingerprint density at radius 3 is 2.41 bits per heavy atom. The smallest absolute Gasteiger partial charge is 0.239 e. The van der Waals surface area contributed by atoms with Crippen molar-refractivity contribution in [2.75, 3.05) is 33.7 Å². The predicted molar refractivity (Wildman–Crippen MR) is 240 cm³/mol. The Labute approximate surface area is 375 Å². The van der Waals surface area contributed by atoms with E-state index < -0.39 is 23.3 Å². The quantitative estimate of drug-likeness (QED) is 0.0484. The van der Waals surface area contributed by atoms with Crippen LogP contribution in [-0.2, 0) is 20.9 Å². The standard InChI is InChI=1S/C51H62N2O11/c1-6-23-61-51-46(53(49(57)33-14-15-33)29-32-13-18-44-45(24-32)60-31-59-44)28-41(52-64-50(2,3)4)39-26-34(11-7-9-21-54)38(12-8-10-22-55)47(48(39)51)40-27-37(17-20-43(40)63-51)62-36-16-19-42(58-5)35(25-36)30-56/h6,13,16-20,24-27,30,33-34,38,46-48,54-55H,1,7-12,14-15,21-23,28-29,31H2,2-5H3/t34-,38+,46-,47+,48+,51+/m0/s1. The monoisotopic (exact) mass is 878 g/mol. The summed E-state index contributed by atoms with van der Waals surface area (Å²) >= 11 is 0. The number of aliphatic hydroxyl groups excluding tert-OH is 2. The molecule has 5 aliphatic rings. The Kier molecular flexibility index (Phi) is 13.7. The summed E-state index contributed by atoms with van der Waals surface area (Å²) in [6, 6.07) is 16.1. The van der Waals surface area contributed by atoms with Crippen LogP contribution in [0.25, 0.3) is 0 Å². The van der Waals surface area contributed by atoms with Gasteiger partial charge in [-0.25, -0.2) is 0 Å². The molecule has 3 aliphatic carbocycles. The topological polar surface area (TPSA) is 155 Å². The molecule has 8 rings (SSSR count). The van der Waals surface area contributed by atoms with Crippen molar-refractivity contribution in [3.05, 3.63) is 95.6 Å². The number of aliphatic hydroxyl groups is 2. The fourth-order valence-electron chi connectivity index (χ4n) is 10.1. The fraction of sp³-hybridized carbons (Fsp3) is 0.510. The van der Waals surface area contributed by atoms with Crippen LogP contribution < -0.4 is 23.7 Å². The normalized spacial score (nSPS) is 24.8. The molecule has 0 spiro atoms. The molecule has 0 saturated heterocycles. The Hall–Kier alpha value is -5.37. The van der Waals surface area contributed by atoms with Gasteiger partial charge in [-0.05, 0) is 131 Å². The first-order valence-corrected chi connectivity index (χ1v) is 22.8. The number of methoxy groups -OCH3 is 1. The fourth-order valence-corrected chi connectivity index (χ4v) is 10.1. The Morgan fingerprint density at radius 2 is 1.69 bits per heavy atom. The number of fused-ring (bicyclic) bond motifs is 3. The minimum Gasteiger partial charge on any atom is -0.496 e. The zero-order valence-electron chi connectivity index (χ0n) is 37.5. The van der Waals surface area contributed by atoms with Crippen molar-refractivity contribution < 1.29 is 53.1 Å². The van der Waals surface area contributed by atoms with E-state index >= 15 is 0 Å². The van der Waals surface area contributed by atoms with Crippen molar-refractivity contribution >= 4 is 17.9 Å². The SMILES string of the molecule is C=CCO[C@@]12Oc3ccc(Oc4ccc(OC)c(C=O)c4)cc3[C@H]3[C@H](CCCCO)[C@@H](CCCCO)C=C(C(=NOC(C)(C)C)C[C@@H]1N(Cc1ccc4c(c1)OCO4)C(=O)C1CC1)[C@H]32. The molecule has 3 aromatic carbocycles. The molecule has 2 saturated carbocycles. The van der Waals surface area contributed by atoms with E-state index in [9.17, 15) is 19.8 Å². The summed E-state index contributed by atoms with van der Waals surface area (Å²) in [5.74, 6) is 1.19. The van der Waals surface area contributed by atoms with Crippen molar-refractivity contribution in [1.29, 1.82) is 0 Å². The third-order valence-electron chi connectivity index (χ3n) is 13.0. The predicted octanol–water partition coefficient (Wildman–Crippen LogP) is 8.90. The molecule has 13 heteroatoms. The van der Waals surface area contributed by atoms with Crippen LogP contribution in [0.3, 0.4) is 0 Å². The Balaban J connectivity index is 1.33. The number of rotatable bonds is 20. The van der Waals surface area contributed by atoms with Crippen LogP contribution in [0, 0.1) is 23.7 Å². The van der Waals surface area contributed by atoms with Gasteiger partial charge in [0.1, 0.15) is 34.6 Å². The second-order valence-corrected chi connectivity index (χ2v) is 18.5. The number of oxime groups is 1. The summed E-state index contributed by atoms with van der Waals surface area (Å²) in [4.78, 5) is 35.2. The number of carbonyl (C=O) groups excluding carboxylic acids is 2. The third-order valence-corrected chi connectivity index (χ3v) is 13.0. The average Bonchev–Trinajstić information content (AvgIpc) is 4.04. The Bertz CT molecular complexity index is 2240. The maximum Gasteiger partial charge on any atom is 0.239 e. The molecule has 1 amide bonds. The van der Waals surface area contributed by atoms with Gasteiger partial charge < -0.3 is 48.4 Å². The molecule has 0 aromatic heterocycles. The van der Waals surface area contributed by atoms with Crippen LogP contribution in [0.15, 0.2) is 84.1 Å². The molecule has 64 heavy (non-hydrogen) atoms. The van der Waals surface area contributed by atoms with Crippen LogP contribution in [0.5, 0.6) is 34.5 Å². The molecule has 2 heterocycles. The van der Waals surface area contributed by atoms with Gasteiger partial charge in [0.2, 0.25) is 18.5 Å². The van der Waals surface area contributed by atoms with Crippen LogP contribution in [0.1, 0.15) is 106 Å². The van der Waals surface area contributed by atoms with Crippen LogP contribution >= 0.6 is 0 Å². The molecule has 6 atom stereocenters. The number of unbranched alkanes of at least 4 members (excludes halogenated alkanes) is 2. The van der Waals surface area contributed by atoms with Gasteiger partial charge >= 0.3 is 0 Å². The van der Waals surface area contributed by atoms with E-state index in [1.165, 1.54) is 7.11 Å². The summed E-state index contributed by atoms with van der Waals surface area (Å²) in [5.41, 5.74) is 3.23. The summed E-state index contributed by atoms with van der Waals surface area (Å²) < 4.78 is 38.0. The summed E-state index contributed by atoms with van der Waals surface area (Å²) in [7, 11) is 1.52. The number of benzene rings is 3. The molecule has 2 aliphatic heterocycles. The molecule has 3 aromatic rings. The molecule has 0 bridgehead atoms. The number of nitrogens with zero attached hydrogens (tertiary/aromatic N) is 2. The number of carbonyl (C=O) groups is 2. The van der Waals surface area contributed by atoms with Gasteiger partial charge in [-0.3, -0.25) is 9.59 Å². The molecule has 2 fully saturated rings. The van der Waals surface area contributed by atoms with Crippen LogP contribution in [0.4, 0.5) is 0 Å². The Morgan fingerprint density at radius 1 is 0.953 bits per heavy atom. The van der Waals surface area contributed by atoms with Crippen molar-refractivity contribution in [1.82, 2.24) is 4.90 Å². The van der Waals surface area contributed by atoms with Gasteiger partial charge in [-0.1, -0.05) is 36.2 Å². The van der Waals surface area contributed by atoms with Gasteiger partial charge in [0, 0.05) is 43.6 Å². The van der Waals surface area contributed by atoms with Crippen molar-refractivity contribution in [2.24, 2.45) is 28.8 Å². The number of aldehydes is 1. The van der Waals surface area contributed by atoms with E-state index in [0.717, 1.165) is 67.2 Å². The molecule has 0 unspecified atom stereocenters. The van der Waals surface area contributed by atoms with Crippen LogP contribution in [0.2, 0.25) is 0 Å². The highest BCUT2D eigenvalue weighted by molar-refractivity contribution is 6.03. The lowest BCUT2D eigenvalue weighted by molar-refractivity contribution is -0.258. The lowest BCUT2D eigenvalue weighted by Crippen LogP contribution is -2.70. The zero-order valence-corrected chi connectivity index (χ0v) is 37.5. The lowest BCUT2D eigenvalue weighted by atomic mass is 9.55. The van der Waals surface area contributed by atoms with E-state index in [0.29, 0.717) is 52.9 Å². The highest BCUT2D eigenvalue weighted by atomic mass is 16.7. The maximum absolute atomic E-state index is 15.0. The zero-order chi connectivity index (χ0) is 45.0. The van der Waals surface area contributed by atoms with Gasteiger partial charge in [0.25, 0.3) is 0 Å². The first-order chi connectivity index (χ1) is 31.0. The highest BCUT2D eigenvalue weighted by Gasteiger charge is 2.66. The molecule has 2 N–H and O–H groups in total. The second-order valence-electron chi connectivity index (χ2n) is 18.5. The van der Waals surface area contributed by atoms with Gasteiger partial charge in [-0.2, -0.15) is 0 Å². The molecule has 13 nitrogen and oxygen atoms in total. The van der Waals surface area contributed by atoms with E-state index in [-0.39, 0.29) is 69.2 Å². The first-order valence-electron chi connectivity index (χ1n) is 22.8. The van der Waals surface area contributed by atoms with E-state index in [1.807, 2.05) is 62.1 Å². The number of hydrogen-bond donors (Lipinski definition) is 2. The summed E-state index contributed by atoms with van der Waals surface area (Å²) in [6.07, 6.45) is 11.2. The number of hydrogen-bond acceptors (Lipinski definition) is 12. The molecular weight excluding hydrogens is 817 g/mol. The lowest BCUT2D eigenvalue weighted by Gasteiger charge is -2.60. The highest BCUT2D eigenvalue weighted by Crippen LogP contribution is 2.62. The van der Waals surface area contributed by atoms with Gasteiger partial charge in [0.05, 0.1) is 30.9 Å². The number of allylic oxidation sites excluding steroid dienone is 1. The van der Waals surface area contributed by atoms with E-state index in [2.05, 4.69) is 12.7 Å². The van der Waals surface area contributed by atoms with E-state index in [1.54, 1.807) is 24.3 Å². The average molecular weight is 879 g/mol. The van der Waals surface area contributed by atoms with E-state index in [4.69, 9.17) is 38.4 Å². The number of amides is 1. The summed E-state index contributed by atoms with van der Waals surface area (Å²) in [6.45, 7) is 10.7. The molecule has 342 valence electrons. The first kappa shape index (κ1) is 45.2. The maximum atomic E-state index is 15.0. The van der Waals surface area contributed by atoms with Gasteiger partial charge in [0.15, 0.2) is 17.8 Å². The van der Waals surface area contributed by atoms with Crippen molar-refractivity contribution in [3.8, 4) is 34.5 Å². The van der Waals surface area contributed by atoms with Crippen molar-refractivity contribution in [3.63, 3.8) is 0 Å². The van der Waals surface area contributed by atoms with Crippen LogP contribution in [-0.4, -0.2) is 84.2 Å².